The number of piperidine rings is 1. The van der Waals surface area contributed by atoms with Gasteiger partial charge in [0.15, 0.2) is 11.2 Å². The maximum atomic E-state index is 13.1. The first kappa shape index (κ1) is 19.2. The van der Waals surface area contributed by atoms with E-state index in [0.29, 0.717) is 31.1 Å². The maximum Gasteiger partial charge on any atom is 0.281 e. The van der Waals surface area contributed by atoms with E-state index in [1.54, 1.807) is 16.8 Å². The predicted octanol–water partition coefficient (Wildman–Crippen LogP) is 2.06. The topological polar surface area (TPSA) is 96.8 Å². The van der Waals surface area contributed by atoms with Gasteiger partial charge in [0.1, 0.15) is 11.6 Å². The molecule has 1 aromatic carbocycles. The maximum absolute atomic E-state index is 13.1. The van der Waals surface area contributed by atoms with Gasteiger partial charge >= 0.3 is 0 Å². The number of H-pyrrole nitrogens is 1. The monoisotopic (exact) mass is 398 g/mol. The van der Waals surface area contributed by atoms with Gasteiger partial charge in [-0.3, -0.25) is 9.59 Å². The number of nitrogens with zero attached hydrogens (tertiary/aromatic N) is 5. The van der Waals surface area contributed by atoms with E-state index >= 15 is 0 Å². The lowest BCUT2D eigenvalue weighted by Crippen LogP contribution is -2.40. The number of fused-ring (bicyclic) bond motifs is 1. The number of hydrogen-bond donors (Lipinski definition) is 1. The van der Waals surface area contributed by atoms with E-state index in [4.69, 9.17) is 0 Å². The van der Waals surface area contributed by atoms with Crippen molar-refractivity contribution in [2.75, 3.05) is 13.1 Å². The molecule has 3 aromatic rings. The van der Waals surface area contributed by atoms with Gasteiger partial charge in [0.25, 0.3) is 5.56 Å². The molecule has 0 spiro atoms. The molecule has 0 saturated carbocycles. The summed E-state index contributed by atoms with van der Waals surface area (Å²) in [7, 11) is 0. The minimum absolute atomic E-state index is 0.0206. The highest BCUT2D eigenvalue weighted by Crippen LogP contribution is 2.26. The van der Waals surface area contributed by atoms with Crippen molar-refractivity contribution in [2.45, 2.75) is 39.2 Å². The zero-order valence-corrected chi connectivity index (χ0v) is 16.4. The molecule has 1 amide bonds. The highest BCUT2D eigenvalue weighted by atomic mass is 19.1. The Kier molecular flexibility index (Phi) is 5.12. The Labute approximate surface area is 166 Å². The first-order chi connectivity index (χ1) is 13.9. The summed E-state index contributed by atoms with van der Waals surface area (Å²) in [6, 6.07) is 6.09. The molecule has 1 saturated heterocycles. The number of rotatable bonds is 4. The van der Waals surface area contributed by atoms with Crippen LogP contribution in [0.25, 0.3) is 11.2 Å². The van der Waals surface area contributed by atoms with Gasteiger partial charge < -0.3 is 9.88 Å². The van der Waals surface area contributed by atoms with Gasteiger partial charge in [0.05, 0.1) is 6.54 Å². The molecule has 152 valence electrons. The molecule has 2 aromatic heterocycles. The molecule has 1 aliphatic heterocycles. The summed E-state index contributed by atoms with van der Waals surface area (Å²) in [5.74, 6) is 0.491. The molecule has 9 heteroatoms. The summed E-state index contributed by atoms with van der Waals surface area (Å²) >= 11 is 0. The molecule has 1 fully saturated rings. The number of nitrogens with one attached hydrogen (secondary N) is 1. The molecular weight excluding hydrogens is 375 g/mol. The van der Waals surface area contributed by atoms with Gasteiger partial charge in [0.2, 0.25) is 5.91 Å². The summed E-state index contributed by atoms with van der Waals surface area (Å²) < 4.78 is 14.7. The number of amides is 1. The number of benzene rings is 1. The van der Waals surface area contributed by atoms with E-state index in [1.807, 2.05) is 18.7 Å². The van der Waals surface area contributed by atoms with Crippen LogP contribution in [0, 0.1) is 11.7 Å². The van der Waals surface area contributed by atoms with Crippen molar-refractivity contribution in [1.29, 1.82) is 0 Å². The molecule has 0 unspecified atom stereocenters. The Hall–Kier alpha value is -3.10. The SMILES string of the molecule is CC(C)C(=O)N1CCC(c2nc3c(nnn3Cc3ccc(F)cc3)c(=O)[nH]2)CC1. The molecule has 4 rings (SSSR count). The fourth-order valence-electron chi connectivity index (χ4n) is 3.68. The highest BCUT2D eigenvalue weighted by molar-refractivity contribution is 5.78. The van der Waals surface area contributed by atoms with Crippen LogP contribution in [0.5, 0.6) is 0 Å². The molecule has 0 aliphatic carbocycles. The number of halogens is 1. The van der Waals surface area contributed by atoms with Crippen LogP contribution in [0.3, 0.4) is 0 Å². The van der Waals surface area contributed by atoms with Crippen molar-refractivity contribution in [2.24, 2.45) is 5.92 Å². The van der Waals surface area contributed by atoms with Crippen LogP contribution in [-0.2, 0) is 11.3 Å². The van der Waals surface area contributed by atoms with Gasteiger partial charge in [-0.15, -0.1) is 5.10 Å². The van der Waals surface area contributed by atoms with E-state index in [0.717, 1.165) is 18.4 Å². The van der Waals surface area contributed by atoms with Gasteiger partial charge in [-0.1, -0.05) is 31.2 Å². The lowest BCUT2D eigenvalue weighted by molar-refractivity contribution is -0.135. The molecule has 0 atom stereocenters. The second-order valence-electron chi connectivity index (χ2n) is 7.75. The van der Waals surface area contributed by atoms with E-state index in [9.17, 15) is 14.0 Å². The fraction of sp³-hybridized carbons (Fsp3) is 0.450. The van der Waals surface area contributed by atoms with E-state index in [1.165, 1.54) is 12.1 Å². The van der Waals surface area contributed by atoms with Crippen LogP contribution in [0.4, 0.5) is 4.39 Å². The number of likely N-dealkylation sites (tertiary alicyclic amines) is 1. The van der Waals surface area contributed by atoms with Crippen molar-refractivity contribution in [3.63, 3.8) is 0 Å². The minimum Gasteiger partial charge on any atom is -0.342 e. The molecule has 29 heavy (non-hydrogen) atoms. The van der Waals surface area contributed by atoms with Gasteiger partial charge in [-0.25, -0.2) is 14.1 Å². The minimum atomic E-state index is -0.323. The average Bonchev–Trinajstić information content (AvgIpc) is 3.12. The number of carbonyl (C=O) groups is 1. The van der Waals surface area contributed by atoms with Crippen molar-refractivity contribution < 1.29 is 9.18 Å². The fourth-order valence-corrected chi connectivity index (χ4v) is 3.68. The Bertz CT molecular complexity index is 1080. The second-order valence-corrected chi connectivity index (χ2v) is 7.75. The lowest BCUT2D eigenvalue weighted by Gasteiger charge is -2.32. The average molecular weight is 398 g/mol. The van der Waals surface area contributed by atoms with Crippen LogP contribution in [0.15, 0.2) is 29.1 Å². The Balaban J connectivity index is 1.58. The molecule has 0 radical (unpaired) electrons. The van der Waals surface area contributed by atoms with Crippen LogP contribution < -0.4 is 5.56 Å². The molecule has 3 heterocycles. The molecule has 0 bridgehead atoms. The molecule has 8 nitrogen and oxygen atoms in total. The predicted molar refractivity (Wildman–Crippen MR) is 105 cm³/mol. The quantitative estimate of drug-likeness (QED) is 0.726. The number of carbonyl (C=O) groups excluding carboxylic acids is 1. The normalized spacial score (nSPS) is 15.4. The van der Waals surface area contributed by atoms with Gasteiger partial charge in [-0.05, 0) is 30.5 Å². The molecular formula is C20H23FN6O2. The van der Waals surface area contributed by atoms with E-state index in [-0.39, 0.29) is 34.6 Å². The van der Waals surface area contributed by atoms with Crippen LogP contribution in [0.2, 0.25) is 0 Å². The zero-order chi connectivity index (χ0) is 20.5. The number of aromatic nitrogens is 5. The molecule has 1 aliphatic rings. The van der Waals surface area contributed by atoms with Crippen LogP contribution in [0.1, 0.15) is 44.0 Å². The summed E-state index contributed by atoms with van der Waals surface area (Å²) in [6.45, 7) is 5.44. The van der Waals surface area contributed by atoms with Crippen molar-refractivity contribution in [1.82, 2.24) is 29.9 Å². The number of hydrogen-bond acceptors (Lipinski definition) is 5. The third kappa shape index (κ3) is 3.90. The summed E-state index contributed by atoms with van der Waals surface area (Å²) in [5.41, 5.74) is 1.11. The summed E-state index contributed by atoms with van der Waals surface area (Å²) in [5, 5.41) is 8.00. The second kappa shape index (κ2) is 7.73. The zero-order valence-electron chi connectivity index (χ0n) is 16.4. The largest absolute Gasteiger partial charge is 0.342 e. The Morgan fingerprint density at radius 3 is 2.59 bits per heavy atom. The Morgan fingerprint density at radius 2 is 1.93 bits per heavy atom. The lowest BCUT2D eigenvalue weighted by atomic mass is 9.95. The first-order valence-electron chi connectivity index (χ1n) is 9.79. The van der Waals surface area contributed by atoms with Crippen LogP contribution in [-0.4, -0.2) is 48.9 Å². The summed E-state index contributed by atoms with van der Waals surface area (Å²) in [6.07, 6.45) is 1.48. The van der Waals surface area contributed by atoms with E-state index < -0.39 is 0 Å². The third-order valence-corrected chi connectivity index (χ3v) is 5.32. The van der Waals surface area contributed by atoms with Gasteiger partial charge in [0, 0.05) is 24.9 Å². The van der Waals surface area contributed by atoms with Crippen LogP contribution >= 0.6 is 0 Å². The van der Waals surface area contributed by atoms with Gasteiger partial charge in [-0.2, -0.15) is 0 Å². The van der Waals surface area contributed by atoms with Crippen molar-refractivity contribution in [3.8, 4) is 0 Å². The van der Waals surface area contributed by atoms with Crippen molar-refractivity contribution in [3.05, 3.63) is 51.8 Å². The first-order valence-corrected chi connectivity index (χ1v) is 9.79. The smallest absolute Gasteiger partial charge is 0.281 e. The van der Waals surface area contributed by atoms with Crippen molar-refractivity contribution >= 4 is 17.1 Å². The number of aromatic amines is 1. The highest BCUT2D eigenvalue weighted by Gasteiger charge is 2.27. The third-order valence-electron chi connectivity index (χ3n) is 5.32. The molecule has 1 N–H and O–H groups in total. The van der Waals surface area contributed by atoms with E-state index in [2.05, 4.69) is 20.3 Å². The summed E-state index contributed by atoms with van der Waals surface area (Å²) in [4.78, 5) is 34.0. The standard InChI is InChI=1S/C20H23FN6O2/c1-12(2)20(29)26-9-7-14(8-10-26)17-22-18-16(19(28)23-17)24-25-27(18)11-13-3-5-15(21)6-4-13/h3-6,12,14H,7-11H2,1-2H3,(H,22,23,28). The Morgan fingerprint density at radius 1 is 1.24 bits per heavy atom.